The highest BCUT2D eigenvalue weighted by Gasteiger charge is 2.24. The monoisotopic (exact) mass is 439 g/mol. The molecule has 0 heterocycles. The van der Waals surface area contributed by atoms with E-state index in [0.29, 0.717) is 19.4 Å². The second-order valence-electron chi connectivity index (χ2n) is 9.98. The third-order valence-electron chi connectivity index (χ3n) is 5.67. The van der Waals surface area contributed by atoms with E-state index >= 15 is 0 Å². The van der Waals surface area contributed by atoms with Crippen LogP contribution in [0.1, 0.15) is 44.2 Å². The molecule has 0 aliphatic heterocycles. The number of aliphatic hydroxyl groups is 1. The van der Waals surface area contributed by atoms with Crippen molar-refractivity contribution in [1.29, 1.82) is 0 Å². The summed E-state index contributed by atoms with van der Waals surface area (Å²) in [6.07, 6.45) is 0.308. The number of hydrogen-bond acceptors (Lipinski definition) is 4. The molecule has 32 heavy (non-hydrogen) atoms. The highest BCUT2D eigenvalue weighted by Crippen LogP contribution is 2.19. The van der Waals surface area contributed by atoms with Gasteiger partial charge in [-0.25, -0.2) is 0 Å². The summed E-state index contributed by atoms with van der Waals surface area (Å²) in [5.74, 6) is 0.0879. The highest BCUT2D eigenvalue weighted by molar-refractivity contribution is 5.77. The smallest absolute Gasteiger partial charge is 0.220 e. The molecule has 0 aliphatic rings. The Morgan fingerprint density at radius 3 is 2.22 bits per heavy atom. The van der Waals surface area contributed by atoms with Gasteiger partial charge in [-0.1, -0.05) is 81.4 Å². The maximum atomic E-state index is 12.8. The van der Waals surface area contributed by atoms with E-state index in [9.17, 15) is 9.90 Å². The Hall–Kier alpha value is -2.21. The number of hydrogen-bond donors (Lipinski definition) is 3. The molecule has 2 rings (SSSR count). The van der Waals surface area contributed by atoms with Crippen LogP contribution in [0.15, 0.2) is 60.7 Å². The summed E-state index contributed by atoms with van der Waals surface area (Å²) in [5.41, 5.74) is 2.33. The molecule has 0 saturated heterocycles. The van der Waals surface area contributed by atoms with Gasteiger partial charge in [0.2, 0.25) is 5.91 Å². The van der Waals surface area contributed by atoms with Gasteiger partial charge in [0.25, 0.3) is 0 Å². The summed E-state index contributed by atoms with van der Waals surface area (Å²) < 4.78 is 0. The van der Waals surface area contributed by atoms with Crippen molar-refractivity contribution >= 4 is 5.91 Å². The lowest BCUT2D eigenvalue weighted by Gasteiger charge is -2.30. The minimum absolute atomic E-state index is 0.0331. The van der Waals surface area contributed by atoms with Crippen LogP contribution in [0, 0.1) is 5.41 Å². The third-order valence-corrected chi connectivity index (χ3v) is 5.67. The van der Waals surface area contributed by atoms with Crippen molar-refractivity contribution in [2.75, 3.05) is 33.7 Å². The summed E-state index contributed by atoms with van der Waals surface area (Å²) in [4.78, 5) is 15.0. The second-order valence-corrected chi connectivity index (χ2v) is 9.98. The molecule has 3 N–H and O–H groups in total. The molecule has 0 bridgehead atoms. The Morgan fingerprint density at radius 2 is 1.62 bits per heavy atom. The van der Waals surface area contributed by atoms with Crippen molar-refractivity contribution in [3.63, 3.8) is 0 Å². The zero-order valence-electron chi connectivity index (χ0n) is 20.3. The van der Waals surface area contributed by atoms with Gasteiger partial charge in [0.15, 0.2) is 0 Å². The summed E-state index contributed by atoms with van der Waals surface area (Å²) in [6, 6.07) is 19.7. The number of carbonyl (C=O) groups is 1. The molecule has 5 nitrogen and oxygen atoms in total. The van der Waals surface area contributed by atoms with E-state index in [-0.39, 0.29) is 23.3 Å². The molecule has 5 heteroatoms. The normalized spacial score (nSPS) is 14.7. The Labute approximate surface area is 194 Å². The number of amides is 1. The molecule has 2 aromatic carbocycles. The minimum Gasteiger partial charge on any atom is -0.390 e. The van der Waals surface area contributed by atoms with Gasteiger partial charge >= 0.3 is 0 Å². The van der Waals surface area contributed by atoms with Crippen molar-refractivity contribution in [2.45, 2.75) is 51.7 Å². The maximum Gasteiger partial charge on any atom is 0.220 e. The van der Waals surface area contributed by atoms with Crippen LogP contribution in [0.3, 0.4) is 0 Å². The molecule has 3 atom stereocenters. The molecular weight excluding hydrogens is 398 g/mol. The molecule has 0 saturated carbocycles. The van der Waals surface area contributed by atoms with E-state index in [0.717, 1.165) is 24.2 Å². The van der Waals surface area contributed by atoms with E-state index < -0.39 is 6.10 Å². The Bertz CT molecular complexity index is 793. The van der Waals surface area contributed by atoms with Crippen LogP contribution in [0.5, 0.6) is 0 Å². The average molecular weight is 440 g/mol. The van der Waals surface area contributed by atoms with Crippen molar-refractivity contribution < 1.29 is 9.90 Å². The van der Waals surface area contributed by atoms with Crippen molar-refractivity contribution in [2.24, 2.45) is 5.41 Å². The lowest BCUT2D eigenvalue weighted by Crippen LogP contribution is -2.50. The molecule has 0 fully saturated rings. The highest BCUT2D eigenvalue weighted by atomic mass is 16.3. The van der Waals surface area contributed by atoms with Gasteiger partial charge in [0.1, 0.15) is 0 Å². The first kappa shape index (κ1) is 26.0. The summed E-state index contributed by atoms with van der Waals surface area (Å²) in [6.45, 7) is 8.66. The molecule has 1 amide bonds. The number of carbonyl (C=O) groups excluding carboxylic acids is 1. The SMILES string of the molecule is CC(CC(=O)N[C@H](Cc1ccccc1)[C@H](O)CNCC(C)(C)CN(C)C)c1ccccc1. The van der Waals surface area contributed by atoms with Crippen LogP contribution in [0.4, 0.5) is 0 Å². The fourth-order valence-corrected chi connectivity index (χ4v) is 4.21. The van der Waals surface area contributed by atoms with Gasteiger partial charge in [0.05, 0.1) is 12.1 Å². The maximum absolute atomic E-state index is 12.8. The first-order valence-corrected chi connectivity index (χ1v) is 11.6. The second kappa shape index (κ2) is 12.7. The number of benzene rings is 2. The zero-order valence-corrected chi connectivity index (χ0v) is 20.3. The van der Waals surface area contributed by atoms with Gasteiger partial charge in [-0.05, 0) is 43.0 Å². The van der Waals surface area contributed by atoms with E-state index in [1.165, 1.54) is 0 Å². The standard InChI is InChI=1S/C27H41N3O2/c1-21(23-14-10-7-11-15-23)16-26(32)29-24(17-22-12-8-6-9-13-22)25(31)18-28-19-27(2,3)20-30(4)5/h6-15,21,24-25,28,31H,16-20H2,1-5H3,(H,29,32)/t21?,24-,25-/m1/s1. The topological polar surface area (TPSA) is 64.6 Å². The van der Waals surface area contributed by atoms with Crippen LogP contribution in [-0.2, 0) is 11.2 Å². The third kappa shape index (κ3) is 9.51. The Balaban J connectivity index is 1.97. The van der Waals surface area contributed by atoms with E-state index in [1.807, 2.05) is 60.7 Å². The van der Waals surface area contributed by atoms with Gasteiger partial charge in [0, 0.05) is 26.1 Å². The molecule has 0 radical (unpaired) electrons. The number of aliphatic hydroxyl groups excluding tert-OH is 1. The predicted octanol–water partition coefficient (Wildman–Crippen LogP) is 3.45. The van der Waals surface area contributed by atoms with E-state index in [1.54, 1.807) is 0 Å². The molecule has 0 aromatic heterocycles. The van der Waals surface area contributed by atoms with E-state index in [2.05, 4.69) is 50.4 Å². The number of nitrogens with one attached hydrogen (secondary N) is 2. The van der Waals surface area contributed by atoms with Crippen LogP contribution in [0.25, 0.3) is 0 Å². The minimum atomic E-state index is -0.679. The van der Waals surface area contributed by atoms with Gasteiger partial charge in [-0.3, -0.25) is 4.79 Å². The van der Waals surface area contributed by atoms with Crippen LogP contribution in [-0.4, -0.2) is 61.8 Å². The molecule has 0 aliphatic carbocycles. The molecule has 176 valence electrons. The van der Waals surface area contributed by atoms with Crippen molar-refractivity contribution in [3.05, 3.63) is 71.8 Å². The first-order valence-electron chi connectivity index (χ1n) is 11.6. The predicted molar refractivity (Wildman–Crippen MR) is 133 cm³/mol. The summed E-state index contributed by atoms with van der Waals surface area (Å²) in [7, 11) is 4.14. The lowest BCUT2D eigenvalue weighted by molar-refractivity contribution is -0.123. The van der Waals surface area contributed by atoms with Crippen LogP contribution < -0.4 is 10.6 Å². The fraction of sp³-hybridized carbons (Fsp3) is 0.519. The number of rotatable bonds is 13. The van der Waals surface area contributed by atoms with Gasteiger partial charge in [-0.15, -0.1) is 0 Å². The van der Waals surface area contributed by atoms with Crippen molar-refractivity contribution in [3.8, 4) is 0 Å². The number of nitrogens with zero attached hydrogens (tertiary/aromatic N) is 1. The van der Waals surface area contributed by atoms with E-state index in [4.69, 9.17) is 0 Å². The molecule has 0 spiro atoms. The molecule has 2 aromatic rings. The summed E-state index contributed by atoms with van der Waals surface area (Å²) in [5, 5.41) is 17.5. The zero-order chi connectivity index (χ0) is 23.6. The van der Waals surface area contributed by atoms with Crippen LogP contribution in [0.2, 0.25) is 0 Å². The largest absolute Gasteiger partial charge is 0.390 e. The van der Waals surface area contributed by atoms with Gasteiger partial charge < -0.3 is 20.6 Å². The average Bonchev–Trinajstić information content (AvgIpc) is 2.73. The van der Waals surface area contributed by atoms with Gasteiger partial charge in [-0.2, -0.15) is 0 Å². The molecular formula is C27H41N3O2. The summed E-state index contributed by atoms with van der Waals surface area (Å²) >= 11 is 0. The lowest BCUT2D eigenvalue weighted by atomic mass is 9.92. The quantitative estimate of drug-likeness (QED) is 0.447. The Morgan fingerprint density at radius 1 is 1.03 bits per heavy atom. The fourth-order valence-electron chi connectivity index (χ4n) is 4.21. The first-order chi connectivity index (χ1) is 15.2. The Kier molecular flexibility index (Phi) is 10.4. The molecule has 1 unspecified atom stereocenters. The van der Waals surface area contributed by atoms with Crippen LogP contribution >= 0.6 is 0 Å². The van der Waals surface area contributed by atoms with Crippen molar-refractivity contribution in [1.82, 2.24) is 15.5 Å².